The van der Waals surface area contributed by atoms with Gasteiger partial charge in [-0.15, -0.1) is 0 Å². The zero-order valence-electron chi connectivity index (χ0n) is 12.4. The van der Waals surface area contributed by atoms with E-state index >= 15 is 0 Å². The first kappa shape index (κ1) is 14.6. The minimum Gasteiger partial charge on any atom is -0.399 e. The average molecular weight is 268 g/mol. The Balaban J connectivity index is 1.82. The molecular formula is C18H24N2. The lowest BCUT2D eigenvalue weighted by atomic mass is 10.1. The van der Waals surface area contributed by atoms with Crippen LogP contribution < -0.4 is 5.73 Å². The fourth-order valence-electron chi connectivity index (χ4n) is 2.40. The molecule has 2 rings (SSSR count). The van der Waals surface area contributed by atoms with Crippen LogP contribution >= 0.6 is 0 Å². The molecule has 2 nitrogen and oxygen atoms in total. The summed E-state index contributed by atoms with van der Waals surface area (Å²) < 4.78 is 0. The SMILES string of the molecule is CC(c1ccc(N)cc1)N(C)CCCc1ccccc1. The Morgan fingerprint density at radius 1 is 1.00 bits per heavy atom. The van der Waals surface area contributed by atoms with Crippen molar-refractivity contribution in [1.82, 2.24) is 4.90 Å². The van der Waals surface area contributed by atoms with E-state index < -0.39 is 0 Å². The van der Waals surface area contributed by atoms with Crippen molar-refractivity contribution in [3.63, 3.8) is 0 Å². The molecule has 0 spiro atoms. The number of aryl methyl sites for hydroxylation is 1. The maximum absolute atomic E-state index is 5.73. The molecule has 1 unspecified atom stereocenters. The number of benzene rings is 2. The van der Waals surface area contributed by atoms with E-state index in [0.29, 0.717) is 6.04 Å². The van der Waals surface area contributed by atoms with Crippen LogP contribution in [0.3, 0.4) is 0 Å². The highest BCUT2D eigenvalue weighted by Crippen LogP contribution is 2.20. The van der Waals surface area contributed by atoms with Gasteiger partial charge in [-0.1, -0.05) is 42.5 Å². The first-order valence-corrected chi connectivity index (χ1v) is 7.26. The summed E-state index contributed by atoms with van der Waals surface area (Å²) in [5.74, 6) is 0. The van der Waals surface area contributed by atoms with Crippen molar-refractivity contribution >= 4 is 5.69 Å². The van der Waals surface area contributed by atoms with Crippen molar-refractivity contribution < 1.29 is 0 Å². The van der Waals surface area contributed by atoms with Crippen LogP contribution in [0, 0.1) is 0 Å². The quantitative estimate of drug-likeness (QED) is 0.805. The van der Waals surface area contributed by atoms with Crippen LogP contribution in [0.1, 0.15) is 30.5 Å². The molecule has 0 aromatic heterocycles. The summed E-state index contributed by atoms with van der Waals surface area (Å²) in [6.45, 7) is 3.34. The van der Waals surface area contributed by atoms with Crippen molar-refractivity contribution in [3.05, 3.63) is 65.7 Å². The van der Waals surface area contributed by atoms with Crippen molar-refractivity contribution in [2.24, 2.45) is 0 Å². The molecule has 0 heterocycles. The zero-order chi connectivity index (χ0) is 14.4. The van der Waals surface area contributed by atoms with E-state index in [-0.39, 0.29) is 0 Å². The minimum absolute atomic E-state index is 0.423. The highest BCUT2D eigenvalue weighted by molar-refractivity contribution is 5.40. The fraction of sp³-hybridized carbons (Fsp3) is 0.333. The van der Waals surface area contributed by atoms with Crippen LogP contribution in [0.2, 0.25) is 0 Å². The van der Waals surface area contributed by atoms with Gasteiger partial charge in [0.2, 0.25) is 0 Å². The van der Waals surface area contributed by atoms with Gasteiger partial charge in [0.1, 0.15) is 0 Å². The molecule has 0 amide bonds. The van der Waals surface area contributed by atoms with Gasteiger partial charge in [-0.3, -0.25) is 4.90 Å². The predicted octanol–water partition coefficient (Wildman–Crippen LogP) is 3.89. The largest absolute Gasteiger partial charge is 0.399 e. The van der Waals surface area contributed by atoms with E-state index in [1.54, 1.807) is 0 Å². The summed E-state index contributed by atoms with van der Waals surface area (Å²) in [7, 11) is 2.19. The smallest absolute Gasteiger partial charge is 0.0316 e. The molecule has 2 N–H and O–H groups in total. The highest BCUT2D eigenvalue weighted by atomic mass is 15.1. The van der Waals surface area contributed by atoms with E-state index in [2.05, 4.69) is 61.3 Å². The molecule has 0 aliphatic carbocycles. The fourth-order valence-corrected chi connectivity index (χ4v) is 2.40. The monoisotopic (exact) mass is 268 g/mol. The second-order valence-electron chi connectivity index (χ2n) is 5.41. The Morgan fingerprint density at radius 3 is 2.30 bits per heavy atom. The van der Waals surface area contributed by atoms with Crippen LogP contribution in [0.4, 0.5) is 5.69 Å². The van der Waals surface area contributed by atoms with Gasteiger partial charge in [0.15, 0.2) is 0 Å². The standard InChI is InChI=1S/C18H24N2/c1-15(17-10-12-18(19)13-11-17)20(2)14-6-9-16-7-4-3-5-8-16/h3-5,7-8,10-13,15H,6,9,14,19H2,1-2H3. The van der Waals surface area contributed by atoms with Gasteiger partial charge in [0.05, 0.1) is 0 Å². The van der Waals surface area contributed by atoms with E-state index in [0.717, 1.165) is 18.7 Å². The molecule has 0 bridgehead atoms. The molecule has 2 aromatic rings. The summed E-state index contributed by atoms with van der Waals surface area (Å²) in [6, 6.07) is 19.3. The minimum atomic E-state index is 0.423. The van der Waals surface area contributed by atoms with E-state index in [1.807, 2.05) is 12.1 Å². The second kappa shape index (κ2) is 7.11. The molecule has 106 valence electrons. The maximum Gasteiger partial charge on any atom is 0.0316 e. The van der Waals surface area contributed by atoms with Crippen molar-refractivity contribution in [3.8, 4) is 0 Å². The van der Waals surface area contributed by atoms with Crippen LogP contribution in [-0.4, -0.2) is 18.5 Å². The first-order valence-electron chi connectivity index (χ1n) is 7.26. The lowest BCUT2D eigenvalue weighted by Crippen LogP contribution is -2.23. The number of rotatable bonds is 6. The average Bonchev–Trinajstić information content (AvgIpc) is 2.48. The Morgan fingerprint density at radius 2 is 1.65 bits per heavy atom. The third-order valence-corrected chi connectivity index (χ3v) is 3.90. The molecule has 2 heteroatoms. The third kappa shape index (κ3) is 4.10. The number of hydrogen-bond donors (Lipinski definition) is 1. The first-order chi connectivity index (χ1) is 9.66. The molecule has 20 heavy (non-hydrogen) atoms. The third-order valence-electron chi connectivity index (χ3n) is 3.90. The van der Waals surface area contributed by atoms with Crippen LogP contribution in [-0.2, 0) is 6.42 Å². The van der Waals surface area contributed by atoms with Gasteiger partial charge >= 0.3 is 0 Å². The molecule has 0 saturated carbocycles. The molecule has 1 atom stereocenters. The number of nitrogen functional groups attached to an aromatic ring is 1. The molecule has 0 aliphatic rings. The number of nitrogens with two attached hydrogens (primary N) is 1. The molecule has 0 radical (unpaired) electrons. The topological polar surface area (TPSA) is 29.3 Å². The number of nitrogens with zero attached hydrogens (tertiary/aromatic N) is 1. The Labute approximate surface area is 122 Å². The lowest BCUT2D eigenvalue weighted by Gasteiger charge is -2.25. The van der Waals surface area contributed by atoms with Gasteiger partial charge in [0.25, 0.3) is 0 Å². The van der Waals surface area contributed by atoms with Crippen molar-refractivity contribution in [1.29, 1.82) is 0 Å². The van der Waals surface area contributed by atoms with Gasteiger partial charge in [0, 0.05) is 11.7 Å². The normalized spacial score (nSPS) is 12.6. The van der Waals surface area contributed by atoms with Gasteiger partial charge < -0.3 is 5.73 Å². The van der Waals surface area contributed by atoms with Crippen LogP contribution in [0.15, 0.2) is 54.6 Å². The Kier molecular flexibility index (Phi) is 5.19. The second-order valence-corrected chi connectivity index (χ2v) is 5.41. The predicted molar refractivity (Wildman–Crippen MR) is 86.7 cm³/mol. The Bertz CT molecular complexity index is 505. The summed E-state index contributed by atoms with van der Waals surface area (Å²) >= 11 is 0. The zero-order valence-corrected chi connectivity index (χ0v) is 12.4. The molecule has 0 fully saturated rings. The number of anilines is 1. The van der Waals surface area contributed by atoms with E-state index in [4.69, 9.17) is 5.73 Å². The summed E-state index contributed by atoms with van der Waals surface area (Å²) in [5.41, 5.74) is 9.30. The molecule has 0 saturated heterocycles. The highest BCUT2D eigenvalue weighted by Gasteiger charge is 2.10. The summed E-state index contributed by atoms with van der Waals surface area (Å²) in [5, 5.41) is 0. The van der Waals surface area contributed by atoms with Crippen molar-refractivity contribution in [2.75, 3.05) is 19.3 Å². The number of hydrogen-bond acceptors (Lipinski definition) is 2. The van der Waals surface area contributed by atoms with Crippen LogP contribution in [0.5, 0.6) is 0 Å². The lowest BCUT2D eigenvalue weighted by molar-refractivity contribution is 0.258. The van der Waals surface area contributed by atoms with Crippen LogP contribution in [0.25, 0.3) is 0 Å². The maximum atomic E-state index is 5.73. The van der Waals surface area contributed by atoms with Gasteiger partial charge in [-0.2, -0.15) is 0 Å². The molecule has 2 aromatic carbocycles. The molecule has 0 aliphatic heterocycles. The Hall–Kier alpha value is -1.80. The van der Waals surface area contributed by atoms with Gasteiger partial charge in [-0.25, -0.2) is 0 Å². The summed E-state index contributed by atoms with van der Waals surface area (Å²) in [6.07, 6.45) is 2.32. The van der Waals surface area contributed by atoms with E-state index in [9.17, 15) is 0 Å². The van der Waals surface area contributed by atoms with E-state index in [1.165, 1.54) is 17.5 Å². The van der Waals surface area contributed by atoms with Crippen molar-refractivity contribution in [2.45, 2.75) is 25.8 Å². The molecular weight excluding hydrogens is 244 g/mol. The van der Waals surface area contributed by atoms with Gasteiger partial charge in [-0.05, 0) is 56.6 Å². The summed E-state index contributed by atoms with van der Waals surface area (Å²) in [4.78, 5) is 2.40.